The highest BCUT2D eigenvalue weighted by molar-refractivity contribution is 7.90. The predicted octanol–water partition coefficient (Wildman–Crippen LogP) is 3.16. The Morgan fingerprint density at radius 3 is 2.12 bits per heavy atom. The number of rotatable bonds is 7. The van der Waals surface area contributed by atoms with E-state index in [4.69, 9.17) is 29.9 Å². The summed E-state index contributed by atoms with van der Waals surface area (Å²) in [5.41, 5.74) is 3.56. The van der Waals surface area contributed by atoms with Gasteiger partial charge in [-0.3, -0.25) is 9.36 Å². The van der Waals surface area contributed by atoms with E-state index in [1.807, 2.05) is 33.9 Å². The van der Waals surface area contributed by atoms with Crippen LogP contribution >= 0.6 is 0 Å². The van der Waals surface area contributed by atoms with Crippen LogP contribution in [0.5, 0.6) is 0 Å². The minimum Gasteiger partial charge on any atom is -0.414 e. The monoisotopic (exact) mass is 627 g/mol. The number of aromatic nitrogens is 2. The number of aryl methyl sites for hydroxylation is 1. The zero-order valence-electron chi connectivity index (χ0n) is 26.0. The smallest absolute Gasteiger partial charge is 0.334 e. The molecule has 4 atom stereocenters. The van der Waals surface area contributed by atoms with Crippen molar-refractivity contribution in [3.63, 3.8) is 0 Å². The van der Waals surface area contributed by atoms with E-state index >= 15 is 0 Å². The summed E-state index contributed by atoms with van der Waals surface area (Å²) < 4.78 is 53.7. The molecule has 2 aliphatic rings. The van der Waals surface area contributed by atoms with Crippen LogP contribution in [0.25, 0.3) is 0 Å². The Bertz CT molecular complexity index is 1490. The van der Waals surface area contributed by atoms with Crippen molar-refractivity contribution >= 4 is 26.8 Å². The summed E-state index contributed by atoms with van der Waals surface area (Å²) in [6.07, 6.45) is 3.37. The number of nitrogens with two attached hydrogens (primary N) is 1. The van der Waals surface area contributed by atoms with Gasteiger partial charge in [-0.25, -0.2) is 13.5 Å². The van der Waals surface area contributed by atoms with Crippen LogP contribution in [0.15, 0.2) is 26.9 Å². The Morgan fingerprint density at radius 1 is 1.10 bits per heavy atom. The minimum atomic E-state index is -4.22. The van der Waals surface area contributed by atoms with Gasteiger partial charge in [-0.05, 0) is 43.2 Å². The van der Waals surface area contributed by atoms with Gasteiger partial charge < -0.3 is 19.3 Å². The molecule has 0 bridgehead atoms. The van der Waals surface area contributed by atoms with Crippen molar-refractivity contribution in [1.82, 2.24) is 9.13 Å². The van der Waals surface area contributed by atoms with E-state index in [0.29, 0.717) is 0 Å². The molecule has 0 saturated carbocycles. The van der Waals surface area contributed by atoms with E-state index in [1.165, 1.54) is 10.8 Å². The molecule has 0 amide bonds. The van der Waals surface area contributed by atoms with Gasteiger partial charge in [-0.2, -0.15) is 8.42 Å². The van der Waals surface area contributed by atoms with Crippen LogP contribution in [0.1, 0.15) is 53.3 Å². The van der Waals surface area contributed by atoms with Gasteiger partial charge in [0.2, 0.25) is 0 Å². The van der Waals surface area contributed by atoms with Crippen molar-refractivity contribution in [3.8, 4) is 12.3 Å². The summed E-state index contributed by atoms with van der Waals surface area (Å²) in [5, 5.41) is 0.402. The lowest BCUT2D eigenvalue weighted by atomic mass is 9.89. The summed E-state index contributed by atoms with van der Waals surface area (Å²) in [6, 6.07) is 0. The standard InChI is InChI=1S/C27H45N3O8SSi2/c1-13-14-29-22(31)18(2)15-30(24(29)32)23-21(37-41(11,12)26(6,7)8)27(19(28)17-39(33,34)38-27)20(36-23)16-35-40(9,10)25(3,4)5/h1,15,17,20-21,23H,14,16,28H2,2-12H3/t20-,21+,23-,27-/m1/s1. The third-order valence-electron chi connectivity index (χ3n) is 8.96. The number of ether oxygens (including phenoxy) is 1. The fourth-order valence-corrected chi connectivity index (χ4v) is 7.89. The molecular weight excluding hydrogens is 583 g/mol. The summed E-state index contributed by atoms with van der Waals surface area (Å²) in [4.78, 5) is 26.5. The molecule has 0 unspecified atom stereocenters. The van der Waals surface area contributed by atoms with Gasteiger partial charge in [0, 0.05) is 11.8 Å². The van der Waals surface area contributed by atoms with E-state index in [1.54, 1.807) is 6.92 Å². The molecule has 230 valence electrons. The molecule has 1 saturated heterocycles. The molecule has 1 fully saturated rings. The van der Waals surface area contributed by atoms with Crippen molar-refractivity contribution in [3.05, 3.63) is 43.7 Å². The zero-order chi connectivity index (χ0) is 31.6. The van der Waals surface area contributed by atoms with Gasteiger partial charge >= 0.3 is 5.69 Å². The van der Waals surface area contributed by atoms with Gasteiger partial charge in [0.25, 0.3) is 15.7 Å². The lowest BCUT2D eigenvalue weighted by Crippen LogP contribution is -2.59. The number of nitrogens with zero attached hydrogens (tertiary/aromatic N) is 2. The zero-order valence-corrected chi connectivity index (χ0v) is 28.8. The third kappa shape index (κ3) is 5.95. The highest BCUT2D eigenvalue weighted by Crippen LogP contribution is 2.52. The van der Waals surface area contributed by atoms with E-state index in [-0.39, 0.29) is 34.5 Å². The van der Waals surface area contributed by atoms with Crippen LogP contribution in [-0.4, -0.2) is 58.6 Å². The maximum Gasteiger partial charge on any atom is 0.334 e. The van der Waals surface area contributed by atoms with E-state index in [9.17, 15) is 18.0 Å². The second kappa shape index (κ2) is 10.6. The lowest BCUT2D eigenvalue weighted by molar-refractivity contribution is -0.0567. The molecule has 0 aliphatic carbocycles. The van der Waals surface area contributed by atoms with Gasteiger partial charge in [0.05, 0.1) is 24.3 Å². The van der Waals surface area contributed by atoms with Crippen LogP contribution in [0.3, 0.4) is 0 Å². The predicted molar refractivity (Wildman–Crippen MR) is 163 cm³/mol. The van der Waals surface area contributed by atoms with Crippen LogP contribution in [0.2, 0.25) is 36.3 Å². The fourth-order valence-electron chi connectivity index (χ4n) is 4.39. The molecule has 2 aliphatic heterocycles. The quantitative estimate of drug-likeness (QED) is 0.274. The Balaban J connectivity index is 2.31. The van der Waals surface area contributed by atoms with Gasteiger partial charge in [-0.1, -0.05) is 47.5 Å². The first kappa shape index (κ1) is 33.5. The third-order valence-corrected chi connectivity index (χ3v) is 19.0. The highest BCUT2D eigenvalue weighted by atomic mass is 32.2. The molecule has 2 N–H and O–H groups in total. The molecule has 14 heteroatoms. The van der Waals surface area contributed by atoms with Crippen LogP contribution in [0, 0.1) is 19.3 Å². The first-order valence-electron chi connectivity index (χ1n) is 13.6. The number of hydrogen-bond acceptors (Lipinski definition) is 9. The lowest BCUT2D eigenvalue weighted by Gasteiger charge is -2.43. The number of hydrogen-bond donors (Lipinski definition) is 1. The molecular formula is C27H45N3O8SSi2. The molecule has 11 nitrogen and oxygen atoms in total. The summed E-state index contributed by atoms with van der Waals surface area (Å²) >= 11 is 0. The average molecular weight is 628 g/mol. The SMILES string of the molecule is C#CCn1c(=O)c(C)cn([C@@H]2O[C@H](CO[Si](C)(C)C(C)(C)C)[C@@]3(OS(=O)(=O)C=C3N)[C@H]2O[Si](C)(C)C(C)(C)C)c1=O. The normalized spacial score (nSPS) is 26.8. The van der Waals surface area contributed by atoms with Crippen molar-refractivity contribution < 1.29 is 26.2 Å². The molecule has 3 heterocycles. The van der Waals surface area contributed by atoms with Gasteiger partial charge in [-0.15, -0.1) is 6.42 Å². The summed E-state index contributed by atoms with van der Waals surface area (Å²) in [7, 11) is -9.27. The van der Waals surface area contributed by atoms with Crippen molar-refractivity contribution in [2.75, 3.05) is 6.61 Å². The van der Waals surface area contributed by atoms with E-state index < -0.39 is 62.0 Å². The van der Waals surface area contributed by atoms with E-state index in [0.717, 1.165) is 9.98 Å². The molecule has 1 aromatic rings. The maximum absolute atomic E-state index is 13.7. The first-order valence-corrected chi connectivity index (χ1v) is 20.9. The Kier molecular flexibility index (Phi) is 8.68. The fraction of sp³-hybridized carbons (Fsp3) is 0.704. The Labute approximate surface area is 245 Å². The Hall–Kier alpha value is -2.00. The van der Waals surface area contributed by atoms with E-state index in [2.05, 4.69) is 39.8 Å². The molecule has 0 aromatic carbocycles. The molecule has 41 heavy (non-hydrogen) atoms. The maximum atomic E-state index is 13.7. The topological polar surface area (TPSA) is 141 Å². The summed E-state index contributed by atoms with van der Waals surface area (Å²) in [6.45, 7) is 21.7. The van der Waals surface area contributed by atoms with Gasteiger partial charge in [0.1, 0.15) is 12.2 Å². The van der Waals surface area contributed by atoms with Crippen LogP contribution in [-0.2, 0) is 34.4 Å². The first-order chi connectivity index (χ1) is 18.4. The summed E-state index contributed by atoms with van der Waals surface area (Å²) in [5.74, 6) is 2.34. The molecule has 0 radical (unpaired) electrons. The number of terminal acetylenes is 1. The largest absolute Gasteiger partial charge is 0.414 e. The van der Waals surface area contributed by atoms with Crippen molar-refractivity contribution in [2.45, 2.75) is 115 Å². The minimum absolute atomic E-state index is 0.0634. The van der Waals surface area contributed by atoms with Crippen molar-refractivity contribution in [2.24, 2.45) is 5.73 Å². The Morgan fingerprint density at radius 2 is 1.66 bits per heavy atom. The second-order valence-electron chi connectivity index (χ2n) is 13.9. The molecule has 3 rings (SSSR count). The highest BCUT2D eigenvalue weighted by Gasteiger charge is 2.67. The van der Waals surface area contributed by atoms with Crippen molar-refractivity contribution in [1.29, 1.82) is 0 Å². The second-order valence-corrected chi connectivity index (χ2v) is 24.9. The van der Waals surface area contributed by atoms with Gasteiger partial charge in [0.15, 0.2) is 28.5 Å². The van der Waals surface area contributed by atoms with Crippen LogP contribution < -0.4 is 17.0 Å². The molecule has 1 spiro atoms. The average Bonchev–Trinajstić information content (AvgIpc) is 3.22. The molecule has 1 aromatic heterocycles. The van der Waals surface area contributed by atoms with Crippen LogP contribution in [0.4, 0.5) is 0 Å².